The fourth-order valence-electron chi connectivity index (χ4n) is 2.76. The van der Waals surface area contributed by atoms with Gasteiger partial charge in [-0.3, -0.25) is 0 Å². The van der Waals surface area contributed by atoms with E-state index >= 15 is 0 Å². The molecule has 2 aromatic carbocycles. The predicted octanol–water partition coefficient (Wildman–Crippen LogP) is 3.39. The van der Waals surface area contributed by atoms with E-state index in [0.717, 1.165) is 11.3 Å². The highest BCUT2D eigenvalue weighted by Crippen LogP contribution is 2.34. The van der Waals surface area contributed by atoms with Crippen molar-refractivity contribution in [2.75, 3.05) is 19.5 Å². The Morgan fingerprint density at radius 3 is 2.59 bits per heavy atom. The molecule has 0 aliphatic carbocycles. The number of methoxy groups -OCH3 is 2. The molecule has 7 nitrogen and oxygen atoms in total. The molecule has 3 aromatic rings. The highest BCUT2D eigenvalue weighted by Gasteiger charge is 2.28. The summed E-state index contributed by atoms with van der Waals surface area (Å²) in [5.41, 5.74) is 2.14. The summed E-state index contributed by atoms with van der Waals surface area (Å²) in [5.74, 6) is 1.52. The van der Waals surface area contributed by atoms with Gasteiger partial charge >= 0.3 is 0 Å². The lowest BCUT2D eigenvalue weighted by atomic mass is 10.1. The molecule has 27 heavy (non-hydrogen) atoms. The van der Waals surface area contributed by atoms with E-state index in [4.69, 9.17) is 9.47 Å². The predicted molar refractivity (Wildman–Crippen MR) is 104 cm³/mol. The first-order valence-electron chi connectivity index (χ1n) is 7.91. The van der Waals surface area contributed by atoms with Crippen LogP contribution in [0.3, 0.4) is 0 Å². The van der Waals surface area contributed by atoms with E-state index < -0.39 is 10.0 Å². The Labute approximate surface area is 160 Å². The summed E-state index contributed by atoms with van der Waals surface area (Å²) < 4.78 is 38.7. The lowest BCUT2D eigenvalue weighted by molar-refractivity contribution is 0.355. The molecule has 1 N–H and O–H groups in total. The zero-order valence-electron chi connectivity index (χ0n) is 14.5. The number of anilines is 1. The molecule has 138 valence electrons. The highest BCUT2D eigenvalue weighted by molar-refractivity contribution is 7.90. The standard InChI is InChI=1S/C18H15N3O4S2/c1-24-14-8-7-11(9-15(14)25-2)13-10-26-18(19-13)20-17-12-5-3-4-6-16(12)27(22,23)21-17/h3-10H,1-2H3,(H,19,20,21). The average Bonchev–Trinajstić information content (AvgIpc) is 3.24. The number of nitrogens with one attached hydrogen (secondary N) is 1. The van der Waals surface area contributed by atoms with Crippen LogP contribution in [0.2, 0.25) is 0 Å². The Hall–Kier alpha value is -2.91. The lowest BCUT2D eigenvalue weighted by Crippen LogP contribution is -2.11. The summed E-state index contributed by atoms with van der Waals surface area (Å²) in [6, 6.07) is 12.2. The van der Waals surface area contributed by atoms with Gasteiger partial charge in [-0.2, -0.15) is 8.42 Å². The van der Waals surface area contributed by atoms with Gasteiger partial charge < -0.3 is 14.8 Å². The molecule has 9 heteroatoms. The van der Waals surface area contributed by atoms with Crippen LogP contribution in [0.15, 0.2) is 57.1 Å². The minimum Gasteiger partial charge on any atom is -0.493 e. The summed E-state index contributed by atoms with van der Waals surface area (Å²) in [6.45, 7) is 0. The summed E-state index contributed by atoms with van der Waals surface area (Å²) in [6.07, 6.45) is 0. The fraction of sp³-hybridized carbons (Fsp3) is 0.111. The number of thiazole rings is 1. The Balaban J connectivity index is 1.63. The van der Waals surface area contributed by atoms with Crippen molar-refractivity contribution in [1.82, 2.24) is 4.98 Å². The van der Waals surface area contributed by atoms with E-state index in [-0.39, 0.29) is 10.7 Å². The first-order valence-corrected chi connectivity index (χ1v) is 10.2. The highest BCUT2D eigenvalue weighted by atomic mass is 32.2. The van der Waals surface area contributed by atoms with Crippen LogP contribution >= 0.6 is 11.3 Å². The fourth-order valence-corrected chi connectivity index (χ4v) is 4.65. The monoisotopic (exact) mass is 401 g/mol. The molecule has 1 aliphatic heterocycles. The van der Waals surface area contributed by atoms with Gasteiger partial charge in [0.2, 0.25) is 0 Å². The van der Waals surface area contributed by atoms with E-state index in [1.807, 2.05) is 23.6 Å². The van der Waals surface area contributed by atoms with Crippen LogP contribution < -0.4 is 14.8 Å². The van der Waals surface area contributed by atoms with Crippen LogP contribution in [0.1, 0.15) is 5.56 Å². The average molecular weight is 401 g/mol. The number of sulfonamides is 1. The minimum atomic E-state index is -3.67. The largest absolute Gasteiger partial charge is 0.493 e. The van der Waals surface area contributed by atoms with Crippen molar-refractivity contribution in [1.29, 1.82) is 0 Å². The molecule has 0 spiro atoms. The minimum absolute atomic E-state index is 0.198. The summed E-state index contributed by atoms with van der Waals surface area (Å²) in [7, 11) is -0.510. The van der Waals surface area contributed by atoms with Crippen molar-refractivity contribution < 1.29 is 17.9 Å². The molecular weight excluding hydrogens is 386 g/mol. The van der Waals surface area contributed by atoms with Gasteiger partial charge in [0.15, 0.2) is 22.5 Å². The van der Waals surface area contributed by atoms with Gasteiger partial charge in [0.25, 0.3) is 10.0 Å². The van der Waals surface area contributed by atoms with Gasteiger partial charge in [0.05, 0.1) is 19.9 Å². The second-order valence-electron chi connectivity index (χ2n) is 5.64. The molecule has 4 rings (SSSR count). The molecule has 2 heterocycles. The van der Waals surface area contributed by atoms with Gasteiger partial charge in [-0.1, -0.05) is 12.1 Å². The summed E-state index contributed by atoms with van der Waals surface area (Å²) in [5, 5.41) is 5.44. The number of fused-ring (bicyclic) bond motifs is 1. The van der Waals surface area contributed by atoms with Crippen LogP contribution in [-0.4, -0.2) is 33.5 Å². The van der Waals surface area contributed by atoms with E-state index in [9.17, 15) is 8.42 Å². The topological polar surface area (TPSA) is 89.9 Å². The number of hydrogen-bond donors (Lipinski definition) is 1. The van der Waals surface area contributed by atoms with Crippen LogP contribution in [0.5, 0.6) is 11.5 Å². The third kappa shape index (κ3) is 3.15. The molecule has 0 amide bonds. The Kier molecular flexibility index (Phi) is 4.33. The maximum absolute atomic E-state index is 12.1. The molecule has 0 fully saturated rings. The maximum Gasteiger partial charge on any atom is 0.285 e. The number of nitrogens with zero attached hydrogens (tertiary/aromatic N) is 2. The smallest absolute Gasteiger partial charge is 0.285 e. The van der Waals surface area contributed by atoms with Crippen molar-refractivity contribution in [3.8, 4) is 22.8 Å². The second-order valence-corrected chi connectivity index (χ2v) is 8.07. The summed E-state index contributed by atoms with van der Waals surface area (Å²) in [4.78, 5) is 4.73. The number of hydrogen-bond acceptors (Lipinski definition) is 7. The van der Waals surface area contributed by atoms with Crippen molar-refractivity contribution in [2.24, 2.45) is 4.40 Å². The van der Waals surface area contributed by atoms with Gasteiger partial charge in [0.1, 0.15) is 4.90 Å². The molecule has 0 radical (unpaired) electrons. The maximum atomic E-state index is 12.1. The van der Waals surface area contributed by atoms with Gasteiger partial charge in [0, 0.05) is 16.5 Å². The molecule has 0 unspecified atom stereocenters. The molecule has 0 saturated carbocycles. The number of amidine groups is 1. The van der Waals surface area contributed by atoms with Crippen molar-refractivity contribution in [3.63, 3.8) is 0 Å². The van der Waals surface area contributed by atoms with Crippen LogP contribution in [-0.2, 0) is 10.0 Å². The molecule has 0 saturated heterocycles. The first-order chi connectivity index (χ1) is 13.0. The van der Waals surface area contributed by atoms with Gasteiger partial charge in [-0.05, 0) is 30.3 Å². The Morgan fingerprint density at radius 2 is 1.81 bits per heavy atom. The van der Waals surface area contributed by atoms with E-state index in [0.29, 0.717) is 22.2 Å². The lowest BCUT2D eigenvalue weighted by Gasteiger charge is -2.08. The van der Waals surface area contributed by atoms with Crippen molar-refractivity contribution in [2.45, 2.75) is 4.90 Å². The molecular formula is C18H15N3O4S2. The van der Waals surface area contributed by atoms with E-state index in [2.05, 4.69) is 14.7 Å². The number of ether oxygens (including phenoxy) is 2. The van der Waals surface area contributed by atoms with E-state index in [1.54, 1.807) is 38.5 Å². The SMILES string of the molecule is COc1ccc(-c2csc(NC3=NS(=O)(=O)c4ccccc43)n2)cc1OC. The number of benzene rings is 2. The zero-order valence-corrected chi connectivity index (χ0v) is 16.1. The van der Waals surface area contributed by atoms with Crippen LogP contribution in [0.4, 0.5) is 5.13 Å². The second kappa shape index (κ2) is 6.67. The normalized spacial score (nSPS) is 14.4. The first kappa shape index (κ1) is 17.5. The molecule has 0 atom stereocenters. The quantitative estimate of drug-likeness (QED) is 0.721. The molecule has 1 aliphatic rings. The van der Waals surface area contributed by atoms with Crippen LogP contribution in [0, 0.1) is 0 Å². The van der Waals surface area contributed by atoms with E-state index in [1.165, 1.54) is 11.3 Å². The number of rotatable bonds is 4. The van der Waals surface area contributed by atoms with Gasteiger partial charge in [-0.25, -0.2) is 4.98 Å². The van der Waals surface area contributed by atoms with Gasteiger partial charge in [-0.15, -0.1) is 15.7 Å². The Morgan fingerprint density at radius 1 is 1.04 bits per heavy atom. The van der Waals surface area contributed by atoms with Crippen molar-refractivity contribution >= 4 is 32.3 Å². The number of aromatic nitrogens is 1. The molecule has 1 aromatic heterocycles. The zero-order chi connectivity index (χ0) is 19.0. The summed E-state index contributed by atoms with van der Waals surface area (Å²) >= 11 is 1.36. The third-order valence-electron chi connectivity index (χ3n) is 4.04. The van der Waals surface area contributed by atoms with Crippen molar-refractivity contribution in [3.05, 3.63) is 53.4 Å². The van der Waals surface area contributed by atoms with Crippen LogP contribution in [0.25, 0.3) is 11.3 Å². The Bertz CT molecular complexity index is 1150. The molecule has 0 bridgehead atoms. The third-order valence-corrected chi connectivity index (χ3v) is 6.13.